The number of anilines is 1. The molecule has 1 N–H and O–H groups in total. The molecule has 5 heteroatoms. The van der Waals surface area contributed by atoms with Crippen LogP contribution in [0, 0.1) is 11.7 Å². The summed E-state index contributed by atoms with van der Waals surface area (Å²) < 4.78 is 12.9. The molecule has 1 aromatic rings. The van der Waals surface area contributed by atoms with Crippen LogP contribution in [0.3, 0.4) is 0 Å². The van der Waals surface area contributed by atoms with Crippen molar-refractivity contribution in [2.75, 3.05) is 18.0 Å². The molecule has 88 valence electrons. The zero-order valence-electron chi connectivity index (χ0n) is 9.30. The predicted octanol–water partition coefficient (Wildman–Crippen LogP) is 2.14. The van der Waals surface area contributed by atoms with Crippen LogP contribution in [-0.2, 0) is 0 Å². The molecule has 2 rings (SSSR count). The van der Waals surface area contributed by atoms with Crippen molar-refractivity contribution in [3.8, 4) is 0 Å². The van der Waals surface area contributed by atoms with Gasteiger partial charge in [-0.15, -0.1) is 5.16 Å². The lowest BCUT2D eigenvalue weighted by Crippen LogP contribution is -2.20. The number of oxime groups is 1. The average molecular weight is 225 g/mol. The van der Waals surface area contributed by atoms with Gasteiger partial charge in [0.15, 0.2) is 0 Å². The van der Waals surface area contributed by atoms with E-state index >= 15 is 0 Å². The lowest BCUT2D eigenvalue weighted by molar-refractivity contribution is 0.323. The average Bonchev–Trinajstić information content (AvgIpc) is 2.66. The standard InChI is InChI=1S/C10H13FN2.CH3NO/c1-8-3-5-13(7-8)10-6-9(11)2-4-12-10;1-2-3/h2,4,6,8H,3,5,7H2,1H3;3H,1H2. The van der Waals surface area contributed by atoms with Crippen LogP contribution in [0.2, 0.25) is 0 Å². The van der Waals surface area contributed by atoms with Crippen molar-refractivity contribution >= 4 is 12.5 Å². The van der Waals surface area contributed by atoms with Gasteiger partial charge in [0, 0.05) is 32.1 Å². The van der Waals surface area contributed by atoms with Gasteiger partial charge in [0.2, 0.25) is 0 Å². The van der Waals surface area contributed by atoms with E-state index in [0.717, 1.165) is 18.9 Å². The summed E-state index contributed by atoms with van der Waals surface area (Å²) in [5.74, 6) is 1.26. The second-order valence-corrected chi connectivity index (χ2v) is 3.81. The van der Waals surface area contributed by atoms with Crippen LogP contribution in [-0.4, -0.2) is 30.0 Å². The van der Waals surface area contributed by atoms with Gasteiger partial charge in [-0.25, -0.2) is 9.37 Å². The molecule has 0 bridgehead atoms. The van der Waals surface area contributed by atoms with Crippen molar-refractivity contribution in [3.05, 3.63) is 24.1 Å². The molecule has 1 aliphatic heterocycles. The van der Waals surface area contributed by atoms with Gasteiger partial charge < -0.3 is 10.1 Å². The smallest absolute Gasteiger partial charge is 0.131 e. The van der Waals surface area contributed by atoms with Crippen molar-refractivity contribution in [3.63, 3.8) is 0 Å². The van der Waals surface area contributed by atoms with Gasteiger partial charge in [0.25, 0.3) is 0 Å². The maximum Gasteiger partial charge on any atom is 0.131 e. The third-order valence-corrected chi connectivity index (χ3v) is 2.46. The number of hydrogen-bond acceptors (Lipinski definition) is 4. The molecular weight excluding hydrogens is 209 g/mol. The number of pyridine rings is 1. The van der Waals surface area contributed by atoms with E-state index < -0.39 is 0 Å². The SMILES string of the molecule is C=NO.CC1CCN(c2cc(F)ccn2)C1. The molecule has 1 aliphatic rings. The predicted molar refractivity (Wildman–Crippen MR) is 61.5 cm³/mol. The summed E-state index contributed by atoms with van der Waals surface area (Å²) in [6.07, 6.45) is 2.70. The van der Waals surface area contributed by atoms with Crippen molar-refractivity contribution in [1.29, 1.82) is 0 Å². The minimum absolute atomic E-state index is 0.204. The first-order chi connectivity index (χ1) is 7.67. The highest BCUT2D eigenvalue weighted by Gasteiger charge is 2.19. The minimum Gasteiger partial charge on any atom is -0.411 e. The van der Waals surface area contributed by atoms with Crippen molar-refractivity contribution in [2.24, 2.45) is 11.1 Å². The van der Waals surface area contributed by atoms with E-state index in [1.54, 1.807) is 0 Å². The Morgan fingerprint density at radius 3 is 2.88 bits per heavy atom. The van der Waals surface area contributed by atoms with Crippen LogP contribution in [0.25, 0.3) is 0 Å². The molecule has 2 heterocycles. The van der Waals surface area contributed by atoms with Crippen LogP contribution in [0.15, 0.2) is 23.5 Å². The highest BCUT2D eigenvalue weighted by Crippen LogP contribution is 2.21. The van der Waals surface area contributed by atoms with Gasteiger partial charge >= 0.3 is 0 Å². The van der Waals surface area contributed by atoms with Crippen LogP contribution in [0.1, 0.15) is 13.3 Å². The van der Waals surface area contributed by atoms with Gasteiger partial charge in [-0.3, -0.25) is 0 Å². The van der Waals surface area contributed by atoms with Gasteiger partial charge in [-0.2, -0.15) is 0 Å². The third kappa shape index (κ3) is 3.49. The first-order valence-corrected chi connectivity index (χ1v) is 5.14. The Balaban J connectivity index is 0.000000386. The third-order valence-electron chi connectivity index (χ3n) is 2.46. The van der Waals surface area contributed by atoms with Crippen LogP contribution in [0.4, 0.5) is 10.2 Å². The van der Waals surface area contributed by atoms with E-state index in [9.17, 15) is 4.39 Å². The summed E-state index contributed by atoms with van der Waals surface area (Å²) >= 11 is 0. The fraction of sp³-hybridized carbons (Fsp3) is 0.455. The van der Waals surface area contributed by atoms with E-state index in [2.05, 4.69) is 28.7 Å². The Hall–Kier alpha value is -1.65. The molecule has 0 radical (unpaired) electrons. The summed E-state index contributed by atoms with van der Waals surface area (Å²) in [6.45, 7) is 6.87. The molecule has 1 aromatic heterocycles. The molecule has 1 unspecified atom stereocenters. The normalized spacial score (nSPS) is 18.9. The Morgan fingerprint density at radius 1 is 1.69 bits per heavy atom. The fourth-order valence-electron chi connectivity index (χ4n) is 1.71. The highest BCUT2D eigenvalue weighted by molar-refractivity contribution is 5.39. The van der Waals surface area contributed by atoms with Crippen molar-refractivity contribution in [1.82, 2.24) is 4.98 Å². The molecule has 0 amide bonds. The lowest BCUT2D eigenvalue weighted by Gasteiger charge is -2.16. The topological polar surface area (TPSA) is 48.7 Å². The van der Waals surface area contributed by atoms with Gasteiger partial charge in [0.05, 0.1) is 0 Å². The van der Waals surface area contributed by atoms with E-state index in [1.807, 2.05) is 0 Å². The van der Waals surface area contributed by atoms with Crippen LogP contribution < -0.4 is 4.90 Å². The van der Waals surface area contributed by atoms with Gasteiger partial charge in [-0.05, 0) is 18.4 Å². The number of hydrogen-bond donors (Lipinski definition) is 1. The Morgan fingerprint density at radius 2 is 2.38 bits per heavy atom. The number of aromatic nitrogens is 1. The molecule has 16 heavy (non-hydrogen) atoms. The summed E-state index contributed by atoms with van der Waals surface area (Å²) in [7, 11) is 0. The molecule has 0 aromatic carbocycles. The van der Waals surface area contributed by atoms with Gasteiger partial charge in [-0.1, -0.05) is 6.92 Å². The Bertz CT molecular complexity index is 346. The van der Waals surface area contributed by atoms with Crippen LogP contribution >= 0.6 is 0 Å². The van der Waals surface area contributed by atoms with E-state index in [0.29, 0.717) is 5.92 Å². The Kier molecular flexibility index (Phi) is 4.69. The van der Waals surface area contributed by atoms with E-state index in [-0.39, 0.29) is 5.82 Å². The monoisotopic (exact) mass is 225 g/mol. The zero-order valence-corrected chi connectivity index (χ0v) is 9.30. The summed E-state index contributed by atoms with van der Waals surface area (Å²) in [5.41, 5.74) is 0. The summed E-state index contributed by atoms with van der Waals surface area (Å²) in [5, 5.41) is 9.33. The number of nitrogens with zero attached hydrogens (tertiary/aromatic N) is 3. The van der Waals surface area contributed by atoms with Crippen molar-refractivity contribution in [2.45, 2.75) is 13.3 Å². The van der Waals surface area contributed by atoms with Crippen molar-refractivity contribution < 1.29 is 9.60 Å². The second-order valence-electron chi connectivity index (χ2n) is 3.81. The molecule has 1 atom stereocenters. The molecule has 1 saturated heterocycles. The Labute approximate surface area is 94.4 Å². The highest BCUT2D eigenvalue weighted by atomic mass is 19.1. The summed E-state index contributed by atoms with van der Waals surface area (Å²) in [4.78, 5) is 6.27. The van der Waals surface area contributed by atoms with Gasteiger partial charge in [0.1, 0.15) is 11.6 Å². The maximum absolute atomic E-state index is 12.9. The molecule has 0 spiro atoms. The second kappa shape index (κ2) is 6.05. The molecular formula is C11H16FN3O. The molecule has 1 fully saturated rings. The minimum atomic E-state index is -0.204. The maximum atomic E-state index is 12.9. The zero-order chi connectivity index (χ0) is 12.0. The quantitative estimate of drug-likeness (QED) is 0.452. The largest absolute Gasteiger partial charge is 0.411 e. The molecule has 0 saturated carbocycles. The number of rotatable bonds is 1. The lowest BCUT2D eigenvalue weighted by atomic mass is 10.2. The molecule has 0 aliphatic carbocycles. The van der Waals surface area contributed by atoms with E-state index in [1.165, 1.54) is 24.8 Å². The van der Waals surface area contributed by atoms with E-state index in [4.69, 9.17) is 5.21 Å². The summed E-state index contributed by atoms with van der Waals surface area (Å²) in [6, 6.07) is 2.88. The number of halogens is 1. The fourth-order valence-corrected chi connectivity index (χ4v) is 1.71. The first-order valence-electron chi connectivity index (χ1n) is 5.14. The first kappa shape index (κ1) is 12.4. The van der Waals surface area contributed by atoms with Crippen LogP contribution in [0.5, 0.6) is 0 Å². The molecule has 4 nitrogen and oxygen atoms in total.